The maximum absolute atomic E-state index is 14.1. The quantitative estimate of drug-likeness (QED) is 0.413. The SMILES string of the molecule is CC1(C)CC[C@H](Nc2ncc(C(F)(F)F)c(-c3c[nH]c4c(P(C)(C)=O)c(C#N)ccc34)c2C#N)CN1. The molecule has 0 unspecified atom stereocenters. The van der Waals surface area contributed by atoms with Crippen molar-refractivity contribution in [3.8, 4) is 23.3 Å². The maximum atomic E-state index is 14.1. The lowest BCUT2D eigenvalue weighted by Gasteiger charge is -2.36. The lowest BCUT2D eigenvalue weighted by atomic mass is 9.90. The standard InChI is InChI=1S/C25H26F3N6OP/c1-24(2)8-7-15(11-33-24)34-23-17(10-30)20(19(13-32-23)25(26,27)28)18-12-31-21-16(18)6-5-14(9-29)22(21)36(3,4)35/h5-6,12-13,15,31,33H,7-8,11H2,1-4H3,(H,32,34)/t15-/m0/s1. The van der Waals surface area contributed by atoms with Gasteiger partial charge in [0.1, 0.15) is 24.6 Å². The highest BCUT2D eigenvalue weighted by Crippen LogP contribution is 2.45. The molecule has 1 fully saturated rings. The molecule has 1 atom stereocenters. The zero-order valence-corrected chi connectivity index (χ0v) is 21.2. The van der Waals surface area contributed by atoms with E-state index in [9.17, 15) is 28.3 Å². The van der Waals surface area contributed by atoms with Crippen molar-refractivity contribution in [1.29, 1.82) is 10.5 Å². The van der Waals surface area contributed by atoms with Gasteiger partial charge in [0.05, 0.1) is 28.0 Å². The van der Waals surface area contributed by atoms with E-state index in [1.807, 2.05) is 12.1 Å². The van der Waals surface area contributed by atoms with Crippen LogP contribution in [0.2, 0.25) is 0 Å². The van der Waals surface area contributed by atoms with E-state index in [-0.39, 0.29) is 45.0 Å². The number of pyridine rings is 1. The minimum Gasteiger partial charge on any atom is -0.365 e. The van der Waals surface area contributed by atoms with Crippen LogP contribution in [0.4, 0.5) is 19.0 Å². The number of H-pyrrole nitrogens is 1. The van der Waals surface area contributed by atoms with Crippen LogP contribution >= 0.6 is 7.14 Å². The first kappa shape index (κ1) is 25.8. The van der Waals surface area contributed by atoms with Crippen molar-refractivity contribution in [2.45, 2.75) is 44.4 Å². The molecule has 188 valence electrons. The average Bonchev–Trinajstić information content (AvgIpc) is 3.21. The number of anilines is 1. The van der Waals surface area contributed by atoms with E-state index in [1.165, 1.54) is 31.7 Å². The molecule has 0 saturated carbocycles. The summed E-state index contributed by atoms with van der Waals surface area (Å²) in [5.74, 6) is 0.0758. The van der Waals surface area contributed by atoms with Gasteiger partial charge in [0.15, 0.2) is 0 Å². The van der Waals surface area contributed by atoms with E-state index < -0.39 is 18.9 Å². The first-order valence-electron chi connectivity index (χ1n) is 11.4. The molecule has 3 aromatic rings. The molecule has 1 saturated heterocycles. The minimum absolute atomic E-state index is 0.0447. The van der Waals surface area contributed by atoms with Gasteiger partial charge in [-0.1, -0.05) is 6.07 Å². The summed E-state index contributed by atoms with van der Waals surface area (Å²) in [7, 11) is -2.98. The number of nitrogens with one attached hydrogen (secondary N) is 3. The molecule has 1 aliphatic heterocycles. The second kappa shape index (κ2) is 8.96. The van der Waals surface area contributed by atoms with Gasteiger partial charge in [0.25, 0.3) is 0 Å². The van der Waals surface area contributed by atoms with Gasteiger partial charge in [-0.2, -0.15) is 23.7 Å². The van der Waals surface area contributed by atoms with Gasteiger partial charge in [-0.05, 0) is 46.1 Å². The molecule has 3 heterocycles. The molecule has 36 heavy (non-hydrogen) atoms. The molecule has 0 amide bonds. The number of nitriles is 2. The fourth-order valence-corrected chi connectivity index (χ4v) is 6.13. The van der Waals surface area contributed by atoms with Crippen LogP contribution in [-0.4, -0.2) is 41.4 Å². The summed E-state index contributed by atoms with van der Waals surface area (Å²) >= 11 is 0. The summed E-state index contributed by atoms with van der Waals surface area (Å²) < 4.78 is 55.4. The Morgan fingerprint density at radius 1 is 1.22 bits per heavy atom. The molecule has 0 spiro atoms. The Labute approximate surface area is 207 Å². The monoisotopic (exact) mass is 514 g/mol. The van der Waals surface area contributed by atoms with Crippen LogP contribution in [0.25, 0.3) is 22.0 Å². The highest BCUT2D eigenvalue weighted by Gasteiger charge is 2.38. The molecule has 3 N–H and O–H groups in total. The van der Waals surface area contributed by atoms with Crippen LogP contribution in [0.1, 0.15) is 43.4 Å². The number of hydrogen-bond donors (Lipinski definition) is 3. The van der Waals surface area contributed by atoms with Gasteiger partial charge in [-0.25, -0.2) is 4.98 Å². The van der Waals surface area contributed by atoms with Crippen molar-refractivity contribution < 1.29 is 17.7 Å². The second-order valence-electron chi connectivity index (χ2n) is 10.1. The second-order valence-corrected chi connectivity index (χ2v) is 13.2. The molecule has 0 aliphatic carbocycles. The third-order valence-electron chi connectivity index (χ3n) is 6.54. The zero-order valence-electron chi connectivity index (χ0n) is 20.3. The molecular weight excluding hydrogens is 488 g/mol. The molecule has 11 heteroatoms. The molecule has 0 bridgehead atoms. The van der Waals surface area contributed by atoms with Crippen LogP contribution in [-0.2, 0) is 10.7 Å². The molecule has 0 radical (unpaired) electrons. The maximum Gasteiger partial charge on any atom is 0.418 e. The highest BCUT2D eigenvalue weighted by atomic mass is 31.2. The van der Waals surface area contributed by atoms with Crippen LogP contribution < -0.4 is 15.9 Å². The van der Waals surface area contributed by atoms with Gasteiger partial charge in [-0.15, -0.1) is 0 Å². The van der Waals surface area contributed by atoms with Crippen molar-refractivity contribution in [3.05, 3.63) is 41.2 Å². The Morgan fingerprint density at radius 2 is 1.94 bits per heavy atom. The molecule has 2 aromatic heterocycles. The van der Waals surface area contributed by atoms with Crippen LogP contribution in [0.15, 0.2) is 24.5 Å². The van der Waals surface area contributed by atoms with Crippen molar-refractivity contribution >= 4 is 29.2 Å². The Balaban J connectivity index is 1.93. The normalized spacial score (nSPS) is 18.0. The zero-order chi connectivity index (χ0) is 26.5. The summed E-state index contributed by atoms with van der Waals surface area (Å²) in [5.41, 5.74) is -0.994. The Bertz CT molecular complexity index is 1460. The van der Waals surface area contributed by atoms with E-state index in [4.69, 9.17) is 0 Å². The lowest BCUT2D eigenvalue weighted by molar-refractivity contribution is -0.137. The molecule has 1 aromatic carbocycles. The summed E-state index contributed by atoms with van der Waals surface area (Å²) in [5, 5.41) is 26.7. The summed E-state index contributed by atoms with van der Waals surface area (Å²) in [6, 6.07) is 6.80. The summed E-state index contributed by atoms with van der Waals surface area (Å²) in [6.07, 6.45) is -1.05. The van der Waals surface area contributed by atoms with Crippen LogP contribution in [0.5, 0.6) is 0 Å². The fourth-order valence-electron chi connectivity index (χ4n) is 4.71. The number of fused-ring (bicyclic) bond motifs is 1. The number of rotatable bonds is 4. The Morgan fingerprint density at radius 3 is 2.50 bits per heavy atom. The number of aromatic amines is 1. The van der Waals surface area contributed by atoms with Gasteiger partial charge in [0, 0.05) is 47.0 Å². The van der Waals surface area contributed by atoms with E-state index >= 15 is 0 Å². The number of benzene rings is 1. The van der Waals surface area contributed by atoms with E-state index in [0.29, 0.717) is 17.4 Å². The summed E-state index contributed by atoms with van der Waals surface area (Å²) in [6.45, 7) is 7.73. The van der Waals surface area contributed by atoms with Crippen LogP contribution in [0, 0.1) is 22.7 Å². The van der Waals surface area contributed by atoms with Crippen LogP contribution in [0.3, 0.4) is 0 Å². The third kappa shape index (κ3) is 4.72. The summed E-state index contributed by atoms with van der Waals surface area (Å²) in [4.78, 5) is 6.93. The van der Waals surface area contributed by atoms with Crippen molar-refractivity contribution in [2.75, 3.05) is 25.2 Å². The highest BCUT2D eigenvalue weighted by molar-refractivity contribution is 7.70. The predicted octanol–water partition coefficient (Wildman–Crippen LogP) is 5.18. The molecule has 1 aliphatic rings. The Kier molecular flexibility index (Phi) is 6.41. The van der Waals surface area contributed by atoms with Gasteiger partial charge in [-0.3, -0.25) is 0 Å². The number of piperidine rings is 1. The number of nitrogens with zero attached hydrogens (tertiary/aromatic N) is 3. The fraction of sp³-hybridized carbons (Fsp3) is 0.400. The topological polar surface area (TPSA) is 117 Å². The predicted molar refractivity (Wildman–Crippen MR) is 134 cm³/mol. The van der Waals surface area contributed by atoms with Crippen molar-refractivity contribution in [1.82, 2.24) is 15.3 Å². The van der Waals surface area contributed by atoms with Crippen molar-refractivity contribution in [2.24, 2.45) is 0 Å². The number of halogens is 3. The molecular formula is C25H26F3N6OP. The minimum atomic E-state index is -4.77. The van der Waals surface area contributed by atoms with E-state index in [0.717, 1.165) is 19.0 Å². The van der Waals surface area contributed by atoms with Gasteiger partial charge in [0.2, 0.25) is 0 Å². The lowest BCUT2D eigenvalue weighted by Crippen LogP contribution is -2.50. The molecule has 4 rings (SSSR count). The Hall–Kier alpha value is -3.33. The van der Waals surface area contributed by atoms with Gasteiger partial charge < -0.3 is 20.2 Å². The van der Waals surface area contributed by atoms with Crippen molar-refractivity contribution in [3.63, 3.8) is 0 Å². The molecule has 7 nitrogen and oxygen atoms in total. The van der Waals surface area contributed by atoms with Gasteiger partial charge >= 0.3 is 6.18 Å². The largest absolute Gasteiger partial charge is 0.418 e. The van der Waals surface area contributed by atoms with E-state index in [1.54, 1.807) is 0 Å². The number of hydrogen-bond acceptors (Lipinski definition) is 6. The smallest absolute Gasteiger partial charge is 0.365 e. The average molecular weight is 514 g/mol. The first-order valence-corrected chi connectivity index (χ1v) is 14.0. The number of alkyl halides is 3. The first-order chi connectivity index (χ1) is 16.8. The third-order valence-corrected chi connectivity index (χ3v) is 8.08. The number of aromatic nitrogens is 2. The van der Waals surface area contributed by atoms with E-state index in [2.05, 4.69) is 34.4 Å².